The van der Waals surface area contributed by atoms with E-state index in [1.165, 1.54) is 0 Å². The van der Waals surface area contributed by atoms with Gasteiger partial charge in [-0.3, -0.25) is 4.79 Å². The Morgan fingerprint density at radius 1 is 1.26 bits per heavy atom. The van der Waals surface area contributed by atoms with E-state index in [0.29, 0.717) is 0 Å². The van der Waals surface area contributed by atoms with Crippen molar-refractivity contribution in [2.45, 2.75) is 26.7 Å². The van der Waals surface area contributed by atoms with E-state index in [0.717, 1.165) is 24.1 Å². The average Bonchev–Trinajstić information content (AvgIpc) is 2.69. The van der Waals surface area contributed by atoms with E-state index in [4.69, 9.17) is 0 Å². The van der Waals surface area contributed by atoms with Crippen LogP contribution in [0.15, 0.2) is 54.3 Å². The molecule has 2 rings (SSSR count). The zero-order valence-electron chi connectivity index (χ0n) is 11.9. The van der Waals surface area contributed by atoms with E-state index in [1.54, 1.807) is 0 Å². The first-order valence-corrected chi connectivity index (χ1v) is 6.74. The van der Waals surface area contributed by atoms with Crippen molar-refractivity contribution in [3.05, 3.63) is 54.3 Å². The Labute approximate surface area is 115 Å². The Morgan fingerprint density at radius 3 is 2.58 bits per heavy atom. The van der Waals surface area contributed by atoms with Crippen molar-refractivity contribution in [2.24, 2.45) is 5.41 Å². The van der Waals surface area contributed by atoms with Gasteiger partial charge in [0.2, 0.25) is 0 Å². The Kier molecular flexibility index (Phi) is 3.89. The zero-order chi connectivity index (χ0) is 13.9. The number of para-hydroxylation sites is 1. The second-order valence-electron chi connectivity index (χ2n) is 5.35. The number of carbonyl (C=O) groups excluding carboxylic acids is 1. The highest BCUT2D eigenvalue weighted by Crippen LogP contribution is 2.39. The van der Waals surface area contributed by atoms with Gasteiger partial charge in [-0.25, -0.2) is 0 Å². The van der Waals surface area contributed by atoms with Gasteiger partial charge in [-0.15, -0.1) is 0 Å². The highest BCUT2D eigenvalue weighted by Gasteiger charge is 2.38. The molecule has 1 atom stereocenters. The summed E-state index contributed by atoms with van der Waals surface area (Å²) in [5.41, 5.74) is 1.72. The molecule has 0 saturated heterocycles. The summed E-state index contributed by atoms with van der Waals surface area (Å²) in [6.45, 7) is 4.00. The van der Waals surface area contributed by atoms with Crippen molar-refractivity contribution in [1.29, 1.82) is 0 Å². The third kappa shape index (κ3) is 2.78. The summed E-state index contributed by atoms with van der Waals surface area (Å²) < 4.78 is 0. The summed E-state index contributed by atoms with van der Waals surface area (Å²) in [5, 5.41) is 0. The highest BCUT2D eigenvalue weighted by molar-refractivity contribution is 6.03. The van der Waals surface area contributed by atoms with E-state index in [-0.39, 0.29) is 11.2 Å². The maximum atomic E-state index is 12.4. The molecule has 1 aromatic carbocycles. The predicted molar refractivity (Wildman–Crippen MR) is 80.1 cm³/mol. The normalized spacial score (nSPS) is 25.4. The third-order valence-corrected chi connectivity index (χ3v) is 3.77. The van der Waals surface area contributed by atoms with Crippen molar-refractivity contribution < 1.29 is 4.79 Å². The lowest BCUT2D eigenvalue weighted by Gasteiger charge is -2.17. The molecular weight excluding hydrogens is 234 g/mol. The van der Waals surface area contributed by atoms with Gasteiger partial charge in [-0.2, -0.15) is 0 Å². The topological polar surface area (TPSA) is 20.3 Å². The van der Waals surface area contributed by atoms with Gasteiger partial charge in [0.05, 0.1) is 0 Å². The summed E-state index contributed by atoms with van der Waals surface area (Å²) in [5.74, 6) is 0.258. The van der Waals surface area contributed by atoms with Crippen LogP contribution in [0.3, 0.4) is 0 Å². The van der Waals surface area contributed by atoms with Crippen molar-refractivity contribution in [3.8, 4) is 0 Å². The third-order valence-electron chi connectivity index (χ3n) is 3.77. The van der Waals surface area contributed by atoms with Gasteiger partial charge in [-0.05, 0) is 38.8 Å². The van der Waals surface area contributed by atoms with Crippen LogP contribution in [0.25, 0.3) is 0 Å². The van der Waals surface area contributed by atoms with Crippen molar-refractivity contribution in [3.63, 3.8) is 0 Å². The fraction of sp³-hybridized carbons (Fsp3) is 0.353. The molecule has 100 valence electrons. The smallest absolute Gasteiger partial charge is 0.169 e. The monoisotopic (exact) mass is 255 g/mol. The molecule has 2 heteroatoms. The average molecular weight is 255 g/mol. The van der Waals surface area contributed by atoms with Crippen LogP contribution in [0.4, 0.5) is 5.69 Å². The lowest BCUT2D eigenvalue weighted by molar-refractivity contribution is -0.120. The summed E-state index contributed by atoms with van der Waals surface area (Å²) in [7, 11) is 1.99. The predicted octanol–water partition coefficient (Wildman–Crippen LogP) is 3.95. The van der Waals surface area contributed by atoms with Crippen LogP contribution in [-0.4, -0.2) is 12.8 Å². The molecule has 0 spiro atoms. The summed E-state index contributed by atoms with van der Waals surface area (Å²) in [4.78, 5) is 14.5. The minimum absolute atomic E-state index is 0.258. The minimum Gasteiger partial charge on any atom is -0.351 e. The lowest BCUT2D eigenvalue weighted by Crippen LogP contribution is -2.20. The van der Waals surface area contributed by atoms with Gasteiger partial charge in [-0.1, -0.05) is 30.4 Å². The largest absolute Gasteiger partial charge is 0.351 e. The van der Waals surface area contributed by atoms with Crippen LogP contribution in [0.5, 0.6) is 0 Å². The van der Waals surface area contributed by atoms with Crippen LogP contribution >= 0.6 is 0 Å². The fourth-order valence-electron chi connectivity index (χ4n) is 2.61. The fourth-order valence-corrected chi connectivity index (χ4v) is 2.61. The summed E-state index contributed by atoms with van der Waals surface area (Å²) in [6.07, 6.45) is 7.74. The van der Waals surface area contributed by atoms with Crippen molar-refractivity contribution in [1.82, 2.24) is 0 Å². The van der Waals surface area contributed by atoms with Gasteiger partial charge >= 0.3 is 0 Å². The summed E-state index contributed by atoms with van der Waals surface area (Å²) >= 11 is 0. The van der Waals surface area contributed by atoms with Gasteiger partial charge in [0.1, 0.15) is 0 Å². The number of ketones is 1. The zero-order valence-corrected chi connectivity index (χ0v) is 11.9. The van der Waals surface area contributed by atoms with E-state index < -0.39 is 0 Å². The molecule has 0 aliphatic heterocycles. The highest BCUT2D eigenvalue weighted by atomic mass is 16.1. The maximum Gasteiger partial charge on any atom is 0.169 e. The molecule has 0 N–H and O–H groups in total. The molecule has 19 heavy (non-hydrogen) atoms. The first-order chi connectivity index (χ1) is 9.07. The number of hydrogen-bond acceptors (Lipinski definition) is 2. The van der Waals surface area contributed by atoms with Gasteiger partial charge < -0.3 is 4.90 Å². The second-order valence-corrected chi connectivity index (χ2v) is 5.35. The summed E-state index contributed by atoms with van der Waals surface area (Å²) in [6, 6.07) is 10.1. The number of allylic oxidation sites excluding steroid dienone is 3. The molecule has 1 aliphatic carbocycles. The van der Waals surface area contributed by atoms with E-state index in [2.05, 4.69) is 0 Å². The molecule has 0 heterocycles. The molecule has 1 saturated carbocycles. The molecule has 0 amide bonds. The molecular formula is C17H21NO. The van der Waals surface area contributed by atoms with E-state index >= 15 is 0 Å². The van der Waals surface area contributed by atoms with Crippen LogP contribution in [0, 0.1) is 5.41 Å². The first kappa shape index (κ1) is 13.6. The SMILES string of the molecule is C/C=C/C1(C)CC/C(=C\N(C)c2ccccc2)C1=O. The standard InChI is InChI=1S/C17H21NO/c1-4-11-17(2)12-10-14(16(17)19)13-18(3)15-8-6-5-7-9-15/h4-9,11,13H,10,12H2,1-3H3/b11-4+,14-13+. The molecule has 1 fully saturated rings. The lowest BCUT2D eigenvalue weighted by atomic mass is 9.87. The van der Waals surface area contributed by atoms with Gasteiger partial charge in [0.15, 0.2) is 5.78 Å². The Hall–Kier alpha value is -1.83. The van der Waals surface area contributed by atoms with Crippen LogP contribution < -0.4 is 4.90 Å². The van der Waals surface area contributed by atoms with Crippen molar-refractivity contribution >= 4 is 11.5 Å². The Bertz CT molecular complexity index is 515. The molecule has 0 bridgehead atoms. The number of anilines is 1. The minimum atomic E-state index is -0.307. The number of nitrogens with zero attached hydrogens (tertiary/aromatic N) is 1. The quantitative estimate of drug-likeness (QED) is 0.602. The molecule has 1 aliphatic rings. The van der Waals surface area contributed by atoms with E-state index in [9.17, 15) is 4.79 Å². The van der Waals surface area contributed by atoms with Crippen LogP contribution in [0.2, 0.25) is 0 Å². The Balaban J connectivity index is 2.20. The Morgan fingerprint density at radius 2 is 1.95 bits per heavy atom. The van der Waals surface area contributed by atoms with Gasteiger partial charge in [0, 0.05) is 29.9 Å². The first-order valence-electron chi connectivity index (χ1n) is 6.74. The van der Waals surface area contributed by atoms with Crippen LogP contribution in [0.1, 0.15) is 26.7 Å². The molecule has 1 aromatic rings. The molecule has 0 aromatic heterocycles. The van der Waals surface area contributed by atoms with Crippen LogP contribution in [-0.2, 0) is 4.79 Å². The molecule has 0 radical (unpaired) electrons. The van der Waals surface area contributed by atoms with Gasteiger partial charge in [0.25, 0.3) is 0 Å². The maximum absolute atomic E-state index is 12.4. The number of benzene rings is 1. The number of hydrogen-bond donors (Lipinski definition) is 0. The number of rotatable bonds is 3. The number of carbonyl (C=O) groups is 1. The number of Topliss-reactive ketones (excluding diaryl/α,β-unsaturated/α-hetero) is 1. The van der Waals surface area contributed by atoms with E-state index in [1.807, 2.05) is 74.5 Å². The second kappa shape index (κ2) is 5.43. The van der Waals surface area contributed by atoms with Crippen molar-refractivity contribution in [2.75, 3.05) is 11.9 Å². The molecule has 2 nitrogen and oxygen atoms in total. The molecule has 1 unspecified atom stereocenters.